The van der Waals surface area contributed by atoms with Crippen molar-refractivity contribution < 1.29 is 14.1 Å². The first kappa shape index (κ1) is 19.2. The number of rotatable bonds is 9. The number of nitrogens with one attached hydrogen (secondary N) is 1. The summed E-state index contributed by atoms with van der Waals surface area (Å²) in [7, 11) is 0. The van der Waals surface area contributed by atoms with Gasteiger partial charge in [-0.05, 0) is 11.8 Å². The molecule has 6 heteroatoms. The normalized spacial score (nSPS) is 11.3. The van der Waals surface area contributed by atoms with Gasteiger partial charge in [-0.3, -0.25) is 9.59 Å². The molecule has 1 rings (SSSR count). The van der Waals surface area contributed by atoms with E-state index >= 15 is 0 Å². The van der Waals surface area contributed by atoms with Crippen LogP contribution in [-0.2, 0) is 9.59 Å². The number of aromatic nitrogens is 1. The van der Waals surface area contributed by atoms with Crippen LogP contribution in [0.4, 0.5) is 5.82 Å². The summed E-state index contributed by atoms with van der Waals surface area (Å²) in [6, 6.07) is 1.57. The SMILES string of the molecule is CCCCCCN(CC(=O)Nc1ccon1)C(=O)CC(C)(C)C. The Balaban J connectivity index is 2.58. The van der Waals surface area contributed by atoms with Crippen LogP contribution in [0.5, 0.6) is 0 Å². The minimum absolute atomic E-state index is 0.0179. The quantitative estimate of drug-likeness (QED) is 0.706. The molecule has 2 amide bonds. The minimum Gasteiger partial charge on any atom is -0.363 e. The lowest BCUT2D eigenvalue weighted by Crippen LogP contribution is -2.40. The maximum atomic E-state index is 12.5. The molecular formula is C17H29N3O3. The van der Waals surface area contributed by atoms with E-state index in [0.29, 0.717) is 18.8 Å². The van der Waals surface area contributed by atoms with Crippen molar-refractivity contribution >= 4 is 17.6 Å². The van der Waals surface area contributed by atoms with E-state index in [-0.39, 0.29) is 23.8 Å². The molecule has 1 N–H and O–H groups in total. The van der Waals surface area contributed by atoms with Gasteiger partial charge in [0.15, 0.2) is 5.82 Å². The molecule has 0 fully saturated rings. The average molecular weight is 323 g/mol. The van der Waals surface area contributed by atoms with Crippen LogP contribution < -0.4 is 5.32 Å². The van der Waals surface area contributed by atoms with Gasteiger partial charge in [0.05, 0.1) is 6.54 Å². The highest BCUT2D eigenvalue weighted by atomic mass is 16.5. The molecule has 0 saturated heterocycles. The largest absolute Gasteiger partial charge is 0.363 e. The first-order valence-electron chi connectivity index (χ1n) is 8.30. The van der Waals surface area contributed by atoms with Gasteiger partial charge in [0, 0.05) is 19.0 Å². The van der Waals surface area contributed by atoms with Gasteiger partial charge in [-0.2, -0.15) is 0 Å². The fourth-order valence-electron chi connectivity index (χ4n) is 2.22. The van der Waals surface area contributed by atoms with Crippen molar-refractivity contribution in [1.82, 2.24) is 10.1 Å². The number of unbranched alkanes of at least 4 members (excludes halogenated alkanes) is 3. The van der Waals surface area contributed by atoms with Crippen LogP contribution in [0.15, 0.2) is 16.9 Å². The molecule has 0 aliphatic carbocycles. The lowest BCUT2D eigenvalue weighted by atomic mass is 9.91. The Hall–Kier alpha value is -1.85. The van der Waals surface area contributed by atoms with E-state index in [1.165, 1.54) is 6.26 Å². The van der Waals surface area contributed by atoms with Crippen molar-refractivity contribution in [3.63, 3.8) is 0 Å². The van der Waals surface area contributed by atoms with Gasteiger partial charge in [0.1, 0.15) is 6.26 Å². The molecule has 23 heavy (non-hydrogen) atoms. The molecule has 0 atom stereocenters. The van der Waals surface area contributed by atoms with Gasteiger partial charge >= 0.3 is 0 Å². The molecule has 130 valence electrons. The maximum Gasteiger partial charge on any atom is 0.245 e. The third-order valence-corrected chi connectivity index (χ3v) is 3.36. The van der Waals surface area contributed by atoms with Gasteiger partial charge < -0.3 is 14.7 Å². The fourth-order valence-corrected chi connectivity index (χ4v) is 2.22. The topological polar surface area (TPSA) is 75.4 Å². The number of carbonyl (C=O) groups is 2. The first-order chi connectivity index (χ1) is 10.8. The summed E-state index contributed by atoms with van der Waals surface area (Å²) in [5.74, 6) is 0.130. The molecule has 1 heterocycles. The zero-order chi connectivity index (χ0) is 17.3. The fraction of sp³-hybridized carbons (Fsp3) is 0.706. The smallest absolute Gasteiger partial charge is 0.245 e. The minimum atomic E-state index is -0.253. The van der Waals surface area contributed by atoms with Crippen molar-refractivity contribution in [1.29, 1.82) is 0 Å². The van der Waals surface area contributed by atoms with Crippen LogP contribution in [0.25, 0.3) is 0 Å². The molecule has 1 aromatic heterocycles. The summed E-state index contributed by atoms with van der Waals surface area (Å²) < 4.78 is 4.68. The molecule has 0 saturated carbocycles. The number of anilines is 1. The van der Waals surface area contributed by atoms with Gasteiger partial charge in [0.25, 0.3) is 0 Å². The van der Waals surface area contributed by atoms with E-state index < -0.39 is 0 Å². The maximum absolute atomic E-state index is 12.5. The first-order valence-corrected chi connectivity index (χ1v) is 8.30. The Labute approximate surface area is 138 Å². The van der Waals surface area contributed by atoms with Gasteiger partial charge in [-0.1, -0.05) is 52.1 Å². The van der Waals surface area contributed by atoms with E-state index in [9.17, 15) is 9.59 Å². The van der Waals surface area contributed by atoms with Crippen molar-refractivity contribution in [2.75, 3.05) is 18.4 Å². The van der Waals surface area contributed by atoms with Gasteiger partial charge in [-0.25, -0.2) is 0 Å². The highest BCUT2D eigenvalue weighted by molar-refractivity contribution is 5.93. The van der Waals surface area contributed by atoms with Crippen LogP contribution in [0, 0.1) is 5.41 Å². The van der Waals surface area contributed by atoms with E-state index in [0.717, 1.165) is 25.7 Å². The standard InChI is InChI=1S/C17H29N3O3/c1-5-6-7-8-10-20(16(22)12-17(2,3)4)13-15(21)18-14-9-11-23-19-14/h9,11H,5-8,10,12-13H2,1-4H3,(H,18,19,21). The predicted molar refractivity (Wildman–Crippen MR) is 89.9 cm³/mol. The van der Waals surface area contributed by atoms with Crippen LogP contribution in [-0.4, -0.2) is 35.0 Å². The molecule has 1 aromatic rings. The Morgan fingerprint density at radius 2 is 2.00 bits per heavy atom. The number of nitrogens with zero attached hydrogens (tertiary/aromatic N) is 2. The van der Waals surface area contributed by atoms with Crippen molar-refractivity contribution in [3.05, 3.63) is 12.3 Å². The number of amides is 2. The Morgan fingerprint density at radius 3 is 2.57 bits per heavy atom. The molecule has 0 aliphatic heterocycles. The highest BCUT2D eigenvalue weighted by Gasteiger charge is 2.23. The van der Waals surface area contributed by atoms with E-state index in [1.807, 2.05) is 20.8 Å². The monoisotopic (exact) mass is 323 g/mol. The summed E-state index contributed by atoms with van der Waals surface area (Å²) in [5.41, 5.74) is -0.0959. The van der Waals surface area contributed by atoms with Crippen molar-refractivity contribution in [2.24, 2.45) is 5.41 Å². The second-order valence-electron chi connectivity index (χ2n) is 7.05. The lowest BCUT2D eigenvalue weighted by molar-refractivity contribution is -0.136. The van der Waals surface area contributed by atoms with Crippen LogP contribution in [0.2, 0.25) is 0 Å². The Morgan fingerprint density at radius 1 is 1.26 bits per heavy atom. The van der Waals surface area contributed by atoms with Gasteiger partial charge in [-0.15, -0.1) is 0 Å². The number of hydrogen-bond donors (Lipinski definition) is 1. The molecule has 0 aromatic carbocycles. The Kier molecular flexibility index (Phi) is 7.78. The lowest BCUT2D eigenvalue weighted by Gasteiger charge is -2.26. The zero-order valence-corrected chi connectivity index (χ0v) is 14.7. The molecule has 0 radical (unpaired) electrons. The molecule has 0 aliphatic rings. The summed E-state index contributed by atoms with van der Waals surface area (Å²) in [4.78, 5) is 26.2. The van der Waals surface area contributed by atoms with Crippen LogP contribution in [0.3, 0.4) is 0 Å². The second-order valence-corrected chi connectivity index (χ2v) is 7.05. The predicted octanol–water partition coefficient (Wildman–Crippen LogP) is 3.46. The molecular weight excluding hydrogens is 294 g/mol. The zero-order valence-electron chi connectivity index (χ0n) is 14.7. The third kappa shape index (κ3) is 8.38. The second kappa shape index (κ2) is 9.33. The van der Waals surface area contributed by atoms with E-state index in [1.54, 1.807) is 11.0 Å². The third-order valence-electron chi connectivity index (χ3n) is 3.36. The molecule has 6 nitrogen and oxygen atoms in total. The van der Waals surface area contributed by atoms with Crippen molar-refractivity contribution in [3.8, 4) is 0 Å². The summed E-state index contributed by atoms with van der Waals surface area (Å²) in [6.45, 7) is 8.88. The van der Waals surface area contributed by atoms with Gasteiger partial charge in [0.2, 0.25) is 11.8 Å². The van der Waals surface area contributed by atoms with E-state index in [2.05, 4.69) is 21.9 Å². The average Bonchev–Trinajstić information content (AvgIpc) is 2.93. The van der Waals surface area contributed by atoms with Crippen molar-refractivity contribution in [2.45, 2.75) is 59.8 Å². The number of hydrogen-bond acceptors (Lipinski definition) is 4. The summed E-state index contributed by atoms with van der Waals surface area (Å²) in [6.07, 6.45) is 6.09. The highest BCUT2D eigenvalue weighted by Crippen LogP contribution is 2.20. The molecule has 0 spiro atoms. The summed E-state index contributed by atoms with van der Waals surface area (Å²) in [5, 5.41) is 6.28. The molecule has 0 unspecified atom stereocenters. The number of carbonyl (C=O) groups excluding carboxylic acids is 2. The van der Waals surface area contributed by atoms with E-state index in [4.69, 9.17) is 0 Å². The molecule has 0 bridgehead atoms. The Bertz CT molecular complexity index is 478. The van der Waals surface area contributed by atoms with Crippen LogP contribution in [0.1, 0.15) is 59.8 Å². The van der Waals surface area contributed by atoms with Crippen LogP contribution >= 0.6 is 0 Å². The summed E-state index contributed by atoms with van der Waals surface area (Å²) >= 11 is 0.